The van der Waals surface area contributed by atoms with Gasteiger partial charge in [-0.1, -0.05) is 12.1 Å². The van der Waals surface area contributed by atoms with Crippen LogP contribution in [-0.2, 0) is 16.2 Å². The van der Waals surface area contributed by atoms with Gasteiger partial charge in [0.15, 0.2) is 11.5 Å². The number of nitrogens with one attached hydrogen (secondary N) is 1. The summed E-state index contributed by atoms with van der Waals surface area (Å²) in [5.41, 5.74) is -1.15. The summed E-state index contributed by atoms with van der Waals surface area (Å²) < 4.78 is 70.0. The molecule has 0 aliphatic carbocycles. The van der Waals surface area contributed by atoms with Gasteiger partial charge in [-0.25, -0.2) is 13.1 Å². The van der Waals surface area contributed by atoms with E-state index in [2.05, 4.69) is 14.8 Å². The standard InChI is InChI=1S/C15H18F3N3O3S2/c1-2-21-7-3-4-10(21)9-19-26(22,23)14-6-5-12(25-14)11-8-13(20-24-11)15(16,17)18/h5-6,8,10,19H,2-4,7,9H2,1H3. The van der Waals surface area contributed by atoms with Crippen molar-refractivity contribution in [3.8, 4) is 10.6 Å². The second-order valence-electron chi connectivity index (χ2n) is 5.97. The minimum Gasteiger partial charge on any atom is -0.355 e. The summed E-state index contributed by atoms with van der Waals surface area (Å²) in [7, 11) is -3.73. The summed E-state index contributed by atoms with van der Waals surface area (Å²) in [5.74, 6) is -0.114. The van der Waals surface area contributed by atoms with Crippen LogP contribution >= 0.6 is 11.3 Å². The Morgan fingerprint density at radius 3 is 2.85 bits per heavy atom. The first-order chi connectivity index (χ1) is 12.2. The second-order valence-corrected chi connectivity index (χ2v) is 9.05. The third-order valence-corrected chi connectivity index (χ3v) is 7.32. The first kappa shape index (κ1) is 19.3. The molecule has 0 spiro atoms. The van der Waals surface area contributed by atoms with Crippen molar-refractivity contribution in [2.24, 2.45) is 0 Å². The van der Waals surface area contributed by atoms with Crippen molar-refractivity contribution < 1.29 is 26.1 Å². The van der Waals surface area contributed by atoms with Crippen molar-refractivity contribution >= 4 is 21.4 Å². The lowest BCUT2D eigenvalue weighted by atomic mass is 10.2. The van der Waals surface area contributed by atoms with Crippen molar-refractivity contribution in [3.63, 3.8) is 0 Å². The highest BCUT2D eigenvalue weighted by Gasteiger charge is 2.35. The van der Waals surface area contributed by atoms with E-state index in [4.69, 9.17) is 4.52 Å². The molecular weight excluding hydrogens is 391 g/mol. The summed E-state index contributed by atoms with van der Waals surface area (Å²) in [6.07, 6.45) is -2.64. The van der Waals surface area contributed by atoms with Crippen LogP contribution in [0.1, 0.15) is 25.5 Å². The number of sulfonamides is 1. The summed E-state index contributed by atoms with van der Waals surface area (Å²) in [5, 5.41) is 2.98. The molecule has 1 unspecified atom stereocenters. The Morgan fingerprint density at radius 1 is 1.42 bits per heavy atom. The van der Waals surface area contributed by atoms with Gasteiger partial charge in [0.25, 0.3) is 0 Å². The molecule has 0 bridgehead atoms. The Morgan fingerprint density at radius 2 is 2.19 bits per heavy atom. The van der Waals surface area contributed by atoms with Gasteiger partial charge in [-0.15, -0.1) is 11.3 Å². The van der Waals surface area contributed by atoms with Gasteiger partial charge >= 0.3 is 6.18 Å². The second kappa shape index (κ2) is 7.29. The Labute approximate surface area is 153 Å². The quantitative estimate of drug-likeness (QED) is 0.793. The van der Waals surface area contributed by atoms with Crippen LogP contribution in [0.25, 0.3) is 10.6 Å². The molecule has 1 N–H and O–H groups in total. The fourth-order valence-electron chi connectivity index (χ4n) is 2.94. The molecule has 0 saturated carbocycles. The van der Waals surface area contributed by atoms with Gasteiger partial charge in [-0.3, -0.25) is 4.90 Å². The van der Waals surface area contributed by atoms with E-state index in [9.17, 15) is 21.6 Å². The van der Waals surface area contributed by atoms with Crippen molar-refractivity contribution in [3.05, 3.63) is 23.9 Å². The number of hydrogen-bond donors (Lipinski definition) is 1. The topological polar surface area (TPSA) is 75.4 Å². The SMILES string of the molecule is CCN1CCCC1CNS(=O)(=O)c1ccc(-c2cc(C(F)(F)F)no2)s1. The zero-order valence-corrected chi connectivity index (χ0v) is 15.5. The maximum absolute atomic E-state index is 12.6. The molecule has 11 heteroatoms. The number of halogens is 3. The molecule has 2 aromatic rings. The highest BCUT2D eigenvalue weighted by Crippen LogP contribution is 2.35. The fourth-order valence-corrected chi connectivity index (χ4v) is 5.31. The molecule has 6 nitrogen and oxygen atoms in total. The van der Waals surface area contributed by atoms with Crippen LogP contribution in [0.15, 0.2) is 26.9 Å². The highest BCUT2D eigenvalue weighted by atomic mass is 32.2. The third-order valence-electron chi connectivity index (χ3n) is 4.30. The summed E-state index contributed by atoms with van der Waals surface area (Å²) >= 11 is 0.841. The number of likely N-dealkylation sites (N-methyl/N-ethyl adjacent to an activating group) is 1. The molecule has 1 atom stereocenters. The van der Waals surface area contributed by atoms with Crippen LogP contribution < -0.4 is 4.72 Å². The minimum atomic E-state index is -4.61. The molecule has 1 saturated heterocycles. The predicted octanol–water partition coefficient (Wildman–Crippen LogP) is 3.18. The van der Waals surface area contributed by atoms with Crippen molar-refractivity contribution in [1.82, 2.24) is 14.8 Å². The lowest BCUT2D eigenvalue weighted by Crippen LogP contribution is -2.39. The number of thiophene rings is 1. The Bertz CT molecular complexity index is 861. The summed E-state index contributed by atoms with van der Waals surface area (Å²) in [6.45, 7) is 4.16. The lowest BCUT2D eigenvalue weighted by Gasteiger charge is -2.22. The molecule has 26 heavy (non-hydrogen) atoms. The van der Waals surface area contributed by atoms with E-state index in [0.717, 1.165) is 43.3 Å². The van der Waals surface area contributed by atoms with Gasteiger partial charge in [0.05, 0.1) is 4.88 Å². The van der Waals surface area contributed by atoms with Gasteiger partial charge in [-0.05, 0) is 38.1 Å². The summed E-state index contributed by atoms with van der Waals surface area (Å²) in [6, 6.07) is 3.68. The van der Waals surface area contributed by atoms with Crippen LogP contribution in [0.5, 0.6) is 0 Å². The molecule has 0 amide bonds. The Hall–Kier alpha value is -1.43. The van der Waals surface area contributed by atoms with Crippen LogP contribution in [0.4, 0.5) is 13.2 Å². The number of alkyl halides is 3. The number of aromatic nitrogens is 1. The average Bonchev–Trinajstić information content (AvgIpc) is 3.30. The van der Waals surface area contributed by atoms with Crippen molar-refractivity contribution in [2.75, 3.05) is 19.6 Å². The third kappa shape index (κ3) is 4.11. The molecule has 2 aromatic heterocycles. The summed E-state index contributed by atoms with van der Waals surface area (Å²) in [4.78, 5) is 2.49. The molecule has 0 aromatic carbocycles. The Kier molecular flexibility index (Phi) is 5.42. The van der Waals surface area contributed by atoms with Gasteiger partial charge < -0.3 is 4.52 Å². The number of hydrogen-bond acceptors (Lipinski definition) is 6. The smallest absolute Gasteiger partial charge is 0.355 e. The maximum atomic E-state index is 12.6. The number of likely N-dealkylation sites (tertiary alicyclic amines) is 1. The van der Waals surface area contributed by atoms with Gasteiger partial charge in [-0.2, -0.15) is 13.2 Å². The zero-order chi connectivity index (χ0) is 18.9. The number of nitrogens with zero attached hydrogens (tertiary/aromatic N) is 2. The van der Waals surface area contributed by atoms with Crippen LogP contribution in [0, 0.1) is 0 Å². The van der Waals surface area contributed by atoms with E-state index >= 15 is 0 Å². The normalized spacial score (nSPS) is 19.3. The van der Waals surface area contributed by atoms with E-state index in [1.807, 2.05) is 6.92 Å². The van der Waals surface area contributed by atoms with Gasteiger partial charge in [0.2, 0.25) is 10.0 Å². The zero-order valence-electron chi connectivity index (χ0n) is 13.9. The van der Waals surface area contributed by atoms with Crippen molar-refractivity contribution in [2.45, 2.75) is 36.2 Å². The molecule has 1 fully saturated rings. The molecule has 3 heterocycles. The van der Waals surface area contributed by atoms with Crippen LogP contribution in [0.3, 0.4) is 0 Å². The highest BCUT2D eigenvalue weighted by molar-refractivity contribution is 7.91. The molecule has 1 aliphatic heterocycles. The molecule has 3 rings (SSSR count). The maximum Gasteiger partial charge on any atom is 0.436 e. The first-order valence-electron chi connectivity index (χ1n) is 8.08. The molecular formula is C15H18F3N3O3S2. The van der Waals surface area contributed by atoms with E-state index < -0.39 is 21.9 Å². The van der Waals surface area contributed by atoms with Crippen LogP contribution in [0.2, 0.25) is 0 Å². The van der Waals surface area contributed by atoms with Crippen LogP contribution in [-0.4, -0.2) is 44.2 Å². The number of rotatable bonds is 6. The fraction of sp³-hybridized carbons (Fsp3) is 0.533. The first-order valence-corrected chi connectivity index (χ1v) is 10.4. The van der Waals surface area contributed by atoms with E-state index in [0.29, 0.717) is 6.54 Å². The monoisotopic (exact) mass is 409 g/mol. The largest absolute Gasteiger partial charge is 0.436 e. The molecule has 0 radical (unpaired) electrons. The lowest BCUT2D eigenvalue weighted by molar-refractivity contribution is -0.142. The Balaban J connectivity index is 1.71. The molecule has 144 valence electrons. The molecule has 1 aliphatic rings. The van der Waals surface area contributed by atoms with E-state index in [-0.39, 0.29) is 20.9 Å². The van der Waals surface area contributed by atoms with Gasteiger partial charge in [0, 0.05) is 18.7 Å². The van der Waals surface area contributed by atoms with Crippen molar-refractivity contribution in [1.29, 1.82) is 0 Å². The predicted molar refractivity (Wildman–Crippen MR) is 90.3 cm³/mol. The minimum absolute atomic E-state index is 0.0264. The average molecular weight is 409 g/mol. The van der Waals surface area contributed by atoms with Gasteiger partial charge in [0.1, 0.15) is 4.21 Å². The van der Waals surface area contributed by atoms with E-state index in [1.165, 1.54) is 12.1 Å². The van der Waals surface area contributed by atoms with E-state index in [1.54, 1.807) is 0 Å².